The third kappa shape index (κ3) is 7.71. The van der Waals surface area contributed by atoms with Crippen LogP contribution in [-0.2, 0) is 29.1 Å². The zero-order valence-corrected chi connectivity index (χ0v) is 18.7. The summed E-state index contributed by atoms with van der Waals surface area (Å²) < 4.78 is 33.2. The van der Waals surface area contributed by atoms with Crippen LogP contribution in [0.4, 0.5) is 0 Å². The Kier molecular flexibility index (Phi) is 9.60. The molecule has 1 heterocycles. The summed E-state index contributed by atoms with van der Waals surface area (Å²) in [6.45, 7) is 4.01. The minimum absolute atomic E-state index is 0.0262. The van der Waals surface area contributed by atoms with Gasteiger partial charge in [-0.1, -0.05) is 44.9 Å². The molecule has 1 aliphatic rings. The summed E-state index contributed by atoms with van der Waals surface area (Å²) in [5.74, 6) is -2.71. The van der Waals surface area contributed by atoms with Crippen molar-refractivity contribution in [3.63, 3.8) is 0 Å². The first kappa shape index (κ1) is 25.0. The molecule has 172 valence electrons. The summed E-state index contributed by atoms with van der Waals surface area (Å²) in [7, 11) is -3.95. The Labute approximate surface area is 183 Å². The number of carbonyl (C=O) groups is 3. The van der Waals surface area contributed by atoms with Gasteiger partial charge in [0, 0.05) is 13.2 Å². The number of amides is 2. The van der Waals surface area contributed by atoms with Crippen molar-refractivity contribution in [3.8, 4) is 0 Å². The second-order valence-electron chi connectivity index (χ2n) is 7.83. The summed E-state index contributed by atoms with van der Waals surface area (Å²) in [4.78, 5) is 37.6. The van der Waals surface area contributed by atoms with Crippen molar-refractivity contribution >= 4 is 27.6 Å². The largest absolute Gasteiger partial charge is 0.379 e. The van der Waals surface area contributed by atoms with Crippen molar-refractivity contribution in [2.75, 3.05) is 19.8 Å². The van der Waals surface area contributed by atoms with E-state index in [0.717, 1.165) is 25.7 Å². The number of rotatable bonds is 6. The molecule has 0 aliphatic carbocycles. The Morgan fingerprint density at radius 2 is 1.77 bits per heavy atom. The first-order valence-electron chi connectivity index (χ1n) is 10.5. The molecule has 9 nitrogen and oxygen atoms in total. The fraction of sp³-hybridized carbons (Fsp3) is 0.571. The van der Waals surface area contributed by atoms with Crippen molar-refractivity contribution < 1.29 is 27.5 Å². The molecule has 1 aromatic carbocycles. The minimum Gasteiger partial charge on any atom is -0.379 e. The van der Waals surface area contributed by atoms with Gasteiger partial charge in [0.1, 0.15) is 12.1 Å². The van der Waals surface area contributed by atoms with Crippen LogP contribution in [0.25, 0.3) is 0 Å². The van der Waals surface area contributed by atoms with Crippen LogP contribution in [-0.4, -0.2) is 57.9 Å². The molecule has 31 heavy (non-hydrogen) atoms. The predicted molar refractivity (Wildman–Crippen MR) is 115 cm³/mol. The lowest BCUT2D eigenvalue weighted by atomic mass is 10.0. The summed E-state index contributed by atoms with van der Waals surface area (Å²) in [5, 5.41) is 5.06. The summed E-state index contributed by atoms with van der Waals surface area (Å²) in [6.07, 6.45) is 3.44. The SMILES string of the molecule is CC(C)C(NS(=O)(=O)c1ccccc1)C(=O)NC1COCCCCCCNC(=O)C1=O. The Bertz CT molecular complexity index is 857. The molecule has 0 aromatic heterocycles. The summed E-state index contributed by atoms with van der Waals surface area (Å²) in [5.41, 5.74) is 0. The van der Waals surface area contributed by atoms with E-state index >= 15 is 0 Å². The molecular weight excluding hydrogens is 422 g/mol. The lowest BCUT2D eigenvalue weighted by molar-refractivity contribution is -0.141. The maximum Gasteiger partial charge on any atom is 0.289 e. The van der Waals surface area contributed by atoms with Crippen LogP contribution < -0.4 is 15.4 Å². The molecule has 2 unspecified atom stereocenters. The topological polar surface area (TPSA) is 131 Å². The van der Waals surface area contributed by atoms with Gasteiger partial charge in [-0.2, -0.15) is 4.72 Å². The normalized spacial score (nSPS) is 20.3. The van der Waals surface area contributed by atoms with Crippen molar-refractivity contribution in [1.82, 2.24) is 15.4 Å². The van der Waals surface area contributed by atoms with E-state index in [4.69, 9.17) is 4.74 Å². The minimum atomic E-state index is -3.95. The Balaban J connectivity index is 2.14. The quantitative estimate of drug-likeness (QED) is 0.545. The van der Waals surface area contributed by atoms with Crippen LogP contribution >= 0.6 is 0 Å². The fourth-order valence-electron chi connectivity index (χ4n) is 3.10. The van der Waals surface area contributed by atoms with E-state index in [9.17, 15) is 22.8 Å². The standard InChI is InChI=1S/C21H31N3O6S/c1-15(2)18(24-31(28,29)16-10-6-5-7-11-16)20(26)23-17-14-30-13-9-4-3-8-12-22-21(27)19(17)25/h5-7,10-11,15,17-18,24H,3-4,8-9,12-14H2,1-2H3,(H,22,27)(H,23,26). The van der Waals surface area contributed by atoms with Gasteiger partial charge in [0.25, 0.3) is 5.91 Å². The zero-order valence-electron chi connectivity index (χ0n) is 17.9. The maximum absolute atomic E-state index is 12.9. The highest BCUT2D eigenvalue weighted by Crippen LogP contribution is 2.12. The van der Waals surface area contributed by atoms with Crippen molar-refractivity contribution in [1.29, 1.82) is 0 Å². The van der Waals surface area contributed by atoms with E-state index < -0.39 is 45.6 Å². The lowest BCUT2D eigenvalue weighted by Gasteiger charge is -2.25. The first-order chi connectivity index (χ1) is 14.7. The maximum atomic E-state index is 12.9. The van der Waals surface area contributed by atoms with Gasteiger partial charge in [-0.15, -0.1) is 0 Å². The molecule has 0 saturated carbocycles. The number of Topliss-reactive ketones (excluding diaryl/α,β-unsaturated/α-hetero) is 1. The van der Waals surface area contributed by atoms with Gasteiger partial charge < -0.3 is 15.4 Å². The molecule has 1 saturated heterocycles. The molecule has 3 N–H and O–H groups in total. The third-order valence-corrected chi connectivity index (χ3v) is 6.38. The Hall–Kier alpha value is -2.30. The van der Waals surface area contributed by atoms with Crippen LogP contribution in [0.1, 0.15) is 39.5 Å². The van der Waals surface area contributed by atoms with Gasteiger partial charge in [-0.25, -0.2) is 8.42 Å². The molecule has 2 rings (SSSR count). The second-order valence-corrected chi connectivity index (χ2v) is 9.54. The molecule has 1 fully saturated rings. The van der Waals surface area contributed by atoms with Gasteiger partial charge in [0.2, 0.25) is 21.7 Å². The zero-order chi connectivity index (χ0) is 22.9. The highest BCUT2D eigenvalue weighted by atomic mass is 32.2. The monoisotopic (exact) mass is 453 g/mol. The molecule has 2 atom stereocenters. The Morgan fingerprint density at radius 1 is 1.10 bits per heavy atom. The highest BCUT2D eigenvalue weighted by molar-refractivity contribution is 7.89. The van der Waals surface area contributed by atoms with Crippen molar-refractivity contribution in [2.24, 2.45) is 5.92 Å². The van der Waals surface area contributed by atoms with Crippen LogP contribution in [0.5, 0.6) is 0 Å². The van der Waals surface area contributed by atoms with E-state index in [0.29, 0.717) is 13.2 Å². The predicted octanol–water partition coefficient (Wildman–Crippen LogP) is 0.750. The van der Waals surface area contributed by atoms with E-state index in [1.807, 2.05) is 0 Å². The third-order valence-electron chi connectivity index (χ3n) is 4.93. The van der Waals surface area contributed by atoms with Crippen molar-refractivity contribution in [2.45, 2.75) is 56.5 Å². The van der Waals surface area contributed by atoms with E-state index in [-0.39, 0.29) is 11.5 Å². The smallest absolute Gasteiger partial charge is 0.289 e. The number of ketones is 1. The van der Waals surface area contributed by atoms with Gasteiger partial charge in [-0.05, 0) is 30.9 Å². The van der Waals surface area contributed by atoms with E-state index in [2.05, 4.69) is 15.4 Å². The van der Waals surface area contributed by atoms with Crippen LogP contribution in [0.2, 0.25) is 0 Å². The second kappa shape index (κ2) is 11.9. The summed E-state index contributed by atoms with van der Waals surface area (Å²) in [6, 6.07) is 5.36. The van der Waals surface area contributed by atoms with Gasteiger partial charge in [0.05, 0.1) is 11.5 Å². The molecule has 10 heteroatoms. The van der Waals surface area contributed by atoms with Gasteiger partial charge in [-0.3, -0.25) is 14.4 Å². The van der Waals surface area contributed by atoms with E-state index in [1.54, 1.807) is 32.0 Å². The number of ether oxygens (including phenoxy) is 1. The number of carbonyl (C=O) groups excluding carboxylic acids is 3. The number of hydrogen-bond donors (Lipinski definition) is 3. The van der Waals surface area contributed by atoms with Crippen LogP contribution in [0.3, 0.4) is 0 Å². The lowest BCUT2D eigenvalue weighted by Crippen LogP contribution is -2.56. The van der Waals surface area contributed by atoms with Gasteiger partial charge in [0.15, 0.2) is 0 Å². The summed E-state index contributed by atoms with van der Waals surface area (Å²) >= 11 is 0. The highest BCUT2D eigenvalue weighted by Gasteiger charge is 2.33. The van der Waals surface area contributed by atoms with Crippen LogP contribution in [0.15, 0.2) is 35.2 Å². The number of benzene rings is 1. The fourth-order valence-corrected chi connectivity index (χ4v) is 4.47. The molecule has 1 aliphatic heterocycles. The Morgan fingerprint density at radius 3 is 2.45 bits per heavy atom. The van der Waals surface area contributed by atoms with Crippen molar-refractivity contribution in [3.05, 3.63) is 30.3 Å². The molecular formula is C21H31N3O6S. The van der Waals surface area contributed by atoms with E-state index in [1.165, 1.54) is 12.1 Å². The van der Waals surface area contributed by atoms with Gasteiger partial charge >= 0.3 is 0 Å². The molecule has 0 spiro atoms. The average Bonchev–Trinajstić information content (AvgIpc) is 2.74. The number of hydrogen-bond acceptors (Lipinski definition) is 6. The molecule has 2 amide bonds. The van der Waals surface area contributed by atoms with Crippen LogP contribution in [0, 0.1) is 5.92 Å². The number of nitrogens with one attached hydrogen (secondary N) is 3. The number of sulfonamides is 1. The molecule has 0 radical (unpaired) electrons. The average molecular weight is 454 g/mol. The first-order valence-corrected chi connectivity index (χ1v) is 12.0. The molecule has 1 aromatic rings. The molecule has 0 bridgehead atoms.